The van der Waals surface area contributed by atoms with Gasteiger partial charge in [0.15, 0.2) is 0 Å². The fourth-order valence-electron chi connectivity index (χ4n) is 2.24. The van der Waals surface area contributed by atoms with E-state index >= 15 is 0 Å². The van der Waals surface area contributed by atoms with Crippen LogP contribution in [0.2, 0.25) is 0 Å². The van der Waals surface area contributed by atoms with E-state index in [4.69, 9.17) is 0 Å². The lowest BCUT2D eigenvalue weighted by Crippen LogP contribution is -2.57. The van der Waals surface area contributed by atoms with Crippen LogP contribution in [-0.4, -0.2) is 41.8 Å². The van der Waals surface area contributed by atoms with E-state index in [0.717, 1.165) is 0 Å². The van der Waals surface area contributed by atoms with Crippen molar-refractivity contribution in [3.8, 4) is 0 Å². The predicted molar refractivity (Wildman–Crippen MR) is 80.0 cm³/mol. The number of benzene rings is 1. The van der Waals surface area contributed by atoms with Crippen LogP contribution in [0, 0.1) is 5.82 Å². The minimum absolute atomic E-state index is 0.00955. The molecule has 0 atom stereocenters. The van der Waals surface area contributed by atoms with Gasteiger partial charge in [0.25, 0.3) is 0 Å². The Balaban J connectivity index is 1.57. The zero-order valence-corrected chi connectivity index (χ0v) is 12.5. The van der Waals surface area contributed by atoms with Crippen molar-refractivity contribution in [2.24, 2.45) is 0 Å². The first kappa shape index (κ1) is 14.9. The second-order valence-corrected chi connectivity index (χ2v) is 7.09. The zero-order valence-electron chi connectivity index (χ0n) is 11.7. The second kappa shape index (κ2) is 5.98. The van der Waals surface area contributed by atoms with Gasteiger partial charge >= 0.3 is 0 Å². The van der Waals surface area contributed by atoms with Crippen molar-refractivity contribution in [3.05, 3.63) is 54.1 Å². The van der Waals surface area contributed by atoms with Gasteiger partial charge in [-0.2, -0.15) is 4.31 Å². The summed E-state index contributed by atoms with van der Waals surface area (Å²) in [5, 5.41) is 3.07. The van der Waals surface area contributed by atoms with E-state index in [-0.39, 0.29) is 11.8 Å². The van der Waals surface area contributed by atoms with Crippen molar-refractivity contribution in [1.82, 2.24) is 14.3 Å². The fraction of sp³-hybridized carbons (Fsp3) is 0.286. The zero-order chi connectivity index (χ0) is 15.6. The average molecular weight is 322 g/mol. The average Bonchev–Trinajstić information content (AvgIpc) is 2.43. The Kier molecular flexibility index (Phi) is 4.04. The van der Waals surface area contributed by atoms with Crippen molar-refractivity contribution < 1.29 is 12.8 Å². The van der Waals surface area contributed by atoms with Crippen LogP contribution in [-0.2, 0) is 15.8 Å². The predicted octanol–water partition coefficient (Wildman–Crippen LogP) is 1.24. The summed E-state index contributed by atoms with van der Waals surface area (Å²) in [5.41, 5.74) is 0.447. The Labute approximate surface area is 128 Å². The van der Waals surface area contributed by atoms with Crippen molar-refractivity contribution >= 4 is 16.0 Å². The third-order valence-electron chi connectivity index (χ3n) is 3.38. The minimum Gasteiger partial charge on any atom is -0.349 e. The third-order valence-corrected chi connectivity index (χ3v) is 5.16. The molecule has 0 unspecified atom stereocenters. The molecule has 1 aromatic heterocycles. The molecule has 1 N–H and O–H groups in total. The quantitative estimate of drug-likeness (QED) is 0.896. The van der Waals surface area contributed by atoms with Gasteiger partial charge in [0.05, 0.1) is 11.8 Å². The molecular formula is C14H15FN4O2S. The molecule has 116 valence electrons. The summed E-state index contributed by atoms with van der Waals surface area (Å²) < 4.78 is 39.0. The number of hydrogen-bond acceptors (Lipinski definition) is 5. The monoisotopic (exact) mass is 322 g/mol. The van der Waals surface area contributed by atoms with E-state index in [2.05, 4.69) is 15.3 Å². The van der Waals surface area contributed by atoms with Gasteiger partial charge in [0.1, 0.15) is 5.82 Å². The molecule has 2 heterocycles. The number of anilines is 1. The van der Waals surface area contributed by atoms with Gasteiger partial charge in [-0.3, -0.25) is 0 Å². The van der Waals surface area contributed by atoms with Gasteiger partial charge in [-0.05, 0) is 23.8 Å². The maximum absolute atomic E-state index is 13.1. The molecule has 22 heavy (non-hydrogen) atoms. The van der Waals surface area contributed by atoms with Crippen LogP contribution < -0.4 is 5.32 Å². The molecule has 0 bridgehead atoms. The highest BCUT2D eigenvalue weighted by atomic mass is 32.2. The highest BCUT2D eigenvalue weighted by molar-refractivity contribution is 7.88. The van der Waals surface area contributed by atoms with Crippen molar-refractivity contribution in [1.29, 1.82) is 0 Å². The number of halogens is 1. The van der Waals surface area contributed by atoms with Crippen LogP contribution in [0.15, 0.2) is 42.7 Å². The molecule has 0 amide bonds. The standard InChI is InChI=1S/C14H15FN4O2S/c15-12-4-1-3-11(7-12)10-22(20,21)19-8-13(9-19)18-14-16-5-2-6-17-14/h1-7,13H,8-10H2,(H,16,17,18). The van der Waals surface area contributed by atoms with Crippen LogP contribution in [0.1, 0.15) is 5.56 Å². The van der Waals surface area contributed by atoms with Crippen molar-refractivity contribution in [3.63, 3.8) is 0 Å². The minimum atomic E-state index is -3.43. The van der Waals surface area contributed by atoms with E-state index < -0.39 is 15.8 Å². The van der Waals surface area contributed by atoms with E-state index in [1.807, 2.05) is 0 Å². The molecule has 0 saturated carbocycles. The lowest BCUT2D eigenvalue weighted by molar-refractivity contribution is 0.279. The first-order valence-electron chi connectivity index (χ1n) is 6.79. The molecule has 2 aromatic rings. The summed E-state index contributed by atoms with van der Waals surface area (Å²) in [5.74, 6) is -0.147. The summed E-state index contributed by atoms with van der Waals surface area (Å²) in [4.78, 5) is 8.07. The Bertz CT molecular complexity index is 748. The molecule has 6 nitrogen and oxygen atoms in total. The largest absolute Gasteiger partial charge is 0.349 e. The summed E-state index contributed by atoms with van der Waals surface area (Å²) in [7, 11) is -3.43. The summed E-state index contributed by atoms with van der Waals surface area (Å²) in [6, 6.07) is 7.35. The number of sulfonamides is 1. The van der Waals surface area contributed by atoms with Gasteiger partial charge in [-0.15, -0.1) is 0 Å². The van der Waals surface area contributed by atoms with E-state index in [9.17, 15) is 12.8 Å². The number of aromatic nitrogens is 2. The number of hydrogen-bond donors (Lipinski definition) is 1. The van der Waals surface area contributed by atoms with Crippen LogP contribution >= 0.6 is 0 Å². The Morgan fingerprint density at radius 1 is 1.23 bits per heavy atom. The lowest BCUT2D eigenvalue weighted by atomic mass is 10.2. The normalized spacial score (nSPS) is 16.2. The van der Waals surface area contributed by atoms with E-state index in [1.165, 1.54) is 22.5 Å². The number of nitrogens with zero attached hydrogens (tertiary/aromatic N) is 3. The molecule has 1 saturated heterocycles. The number of rotatable bonds is 5. The van der Waals surface area contributed by atoms with Crippen LogP contribution in [0.25, 0.3) is 0 Å². The lowest BCUT2D eigenvalue weighted by Gasteiger charge is -2.38. The highest BCUT2D eigenvalue weighted by Gasteiger charge is 2.36. The fourth-order valence-corrected chi connectivity index (χ4v) is 3.84. The molecule has 1 aromatic carbocycles. The third kappa shape index (κ3) is 3.40. The van der Waals surface area contributed by atoms with Gasteiger partial charge < -0.3 is 5.32 Å². The first-order chi connectivity index (χ1) is 10.5. The Morgan fingerprint density at radius 2 is 1.95 bits per heavy atom. The van der Waals surface area contributed by atoms with E-state index in [1.54, 1.807) is 24.5 Å². The Morgan fingerprint density at radius 3 is 2.64 bits per heavy atom. The van der Waals surface area contributed by atoms with E-state index in [0.29, 0.717) is 24.6 Å². The van der Waals surface area contributed by atoms with Gasteiger partial charge in [0.2, 0.25) is 16.0 Å². The molecule has 0 radical (unpaired) electrons. The molecule has 8 heteroatoms. The summed E-state index contributed by atoms with van der Waals surface area (Å²) in [6.07, 6.45) is 3.24. The maximum Gasteiger partial charge on any atom is 0.222 e. The second-order valence-electron chi connectivity index (χ2n) is 5.12. The molecular weight excluding hydrogens is 307 g/mol. The highest BCUT2D eigenvalue weighted by Crippen LogP contribution is 2.20. The topological polar surface area (TPSA) is 75.2 Å². The number of nitrogens with one attached hydrogen (secondary N) is 1. The van der Waals surface area contributed by atoms with Gasteiger partial charge in [-0.25, -0.2) is 22.8 Å². The SMILES string of the molecule is O=S(=O)(Cc1cccc(F)c1)N1CC(Nc2ncccn2)C1. The summed E-state index contributed by atoms with van der Waals surface area (Å²) >= 11 is 0. The summed E-state index contributed by atoms with van der Waals surface area (Å²) in [6.45, 7) is 0.714. The van der Waals surface area contributed by atoms with Crippen LogP contribution in [0.3, 0.4) is 0 Å². The smallest absolute Gasteiger partial charge is 0.222 e. The first-order valence-corrected chi connectivity index (χ1v) is 8.40. The van der Waals surface area contributed by atoms with Gasteiger partial charge in [0, 0.05) is 25.5 Å². The van der Waals surface area contributed by atoms with Gasteiger partial charge in [-0.1, -0.05) is 12.1 Å². The molecule has 0 spiro atoms. The molecule has 1 aliphatic rings. The van der Waals surface area contributed by atoms with Crippen LogP contribution in [0.5, 0.6) is 0 Å². The Hall–Kier alpha value is -2.06. The molecule has 3 rings (SSSR count). The molecule has 1 aliphatic heterocycles. The molecule has 0 aliphatic carbocycles. The van der Waals surface area contributed by atoms with Crippen LogP contribution in [0.4, 0.5) is 10.3 Å². The molecule has 1 fully saturated rings. The van der Waals surface area contributed by atoms with Crippen molar-refractivity contribution in [2.75, 3.05) is 18.4 Å². The van der Waals surface area contributed by atoms with Crippen molar-refractivity contribution in [2.45, 2.75) is 11.8 Å². The maximum atomic E-state index is 13.1.